The molecule has 0 saturated heterocycles. The largest absolute Gasteiger partial charge is 0.465 e. The van der Waals surface area contributed by atoms with E-state index in [0.717, 1.165) is 23.1 Å². The quantitative estimate of drug-likeness (QED) is 0.449. The maximum Gasteiger partial charge on any atom is 0.326 e. The zero-order chi connectivity index (χ0) is 21.4. The number of ether oxygens (including phenoxy) is 1. The minimum absolute atomic E-state index is 0.128. The molecule has 0 saturated carbocycles. The molecule has 2 heterocycles. The maximum atomic E-state index is 12.3. The number of rotatable bonds is 8. The molecule has 2 amide bonds. The summed E-state index contributed by atoms with van der Waals surface area (Å²) in [6.07, 6.45) is 3.12. The SMILES string of the molecule is CCOC(=O)Cn1cccc(NC(=O)C(=O)Nc2cc(CCC(C)C)[nH]n2)c1=O. The number of nitrogens with one attached hydrogen (secondary N) is 3. The third kappa shape index (κ3) is 6.59. The number of hydrogen-bond acceptors (Lipinski definition) is 6. The molecule has 0 atom stereocenters. The number of H-pyrrole nitrogens is 1. The summed E-state index contributed by atoms with van der Waals surface area (Å²) < 4.78 is 5.88. The molecule has 2 rings (SSSR count). The fraction of sp³-hybridized carbons (Fsp3) is 0.421. The Bertz CT molecular complexity index is 931. The van der Waals surface area contributed by atoms with E-state index >= 15 is 0 Å². The van der Waals surface area contributed by atoms with Crippen LogP contribution in [0.2, 0.25) is 0 Å². The van der Waals surface area contributed by atoms with Crippen LogP contribution in [0.4, 0.5) is 11.5 Å². The highest BCUT2D eigenvalue weighted by atomic mass is 16.5. The Morgan fingerprint density at radius 3 is 2.66 bits per heavy atom. The first-order valence-corrected chi connectivity index (χ1v) is 9.31. The Balaban J connectivity index is 1.98. The van der Waals surface area contributed by atoms with E-state index in [9.17, 15) is 19.2 Å². The maximum absolute atomic E-state index is 12.3. The normalized spacial score (nSPS) is 10.6. The van der Waals surface area contributed by atoms with Crippen LogP contribution in [-0.4, -0.2) is 39.2 Å². The number of amides is 2. The van der Waals surface area contributed by atoms with E-state index in [2.05, 4.69) is 34.7 Å². The standard InChI is InChI=1S/C19H25N5O5/c1-4-29-16(25)11-24-9-5-6-14(19(24)28)20-17(26)18(27)21-15-10-13(22-23-15)8-7-12(2)3/h5-6,9-10,12H,4,7-8,11H2,1-3H3,(H,20,26)(H2,21,22,23,27). The lowest BCUT2D eigenvalue weighted by atomic mass is 10.1. The topological polar surface area (TPSA) is 135 Å². The molecule has 0 aliphatic rings. The number of nitrogens with zero attached hydrogens (tertiary/aromatic N) is 2. The molecule has 10 heteroatoms. The lowest BCUT2D eigenvalue weighted by Crippen LogP contribution is -2.33. The van der Waals surface area contributed by atoms with E-state index in [1.807, 2.05) is 0 Å². The number of esters is 1. The van der Waals surface area contributed by atoms with E-state index in [1.54, 1.807) is 13.0 Å². The van der Waals surface area contributed by atoms with Gasteiger partial charge < -0.3 is 19.9 Å². The van der Waals surface area contributed by atoms with Gasteiger partial charge in [-0.15, -0.1) is 0 Å². The second kappa shape index (κ2) is 10.2. The third-order valence-corrected chi connectivity index (χ3v) is 3.94. The van der Waals surface area contributed by atoms with Crippen LogP contribution in [0, 0.1) is 5.92 Å². The van der Waals surface area contributed by atoms with Gasteiger partial charge in [-0.1, -0.05) is 13.8 Å². The van der Waals surface area contributed by atoms with Crippen molar-refractivity contribution in [1.82, 2.24) is 14.8 Å². The lowest BCUT2D eigenvalue weighted by molar-refractivity contribution is -0.143. The fourth-order valence-electron chi connectivity index (χ4n) is 2.45. The van der Waals surface area contributed by atoms with Crippen LogP contribution >= 0.6 is 0 Å². The number of aromatic nitrogens is 3. The second-order valence-electron chi connectivity index (χ2n) is 6.78. The average Bonchev–Trinajstić information content (AvgIpc) is 3.10. The Morgan fingerprint density at radius 2 is 1.97 bits per heavy atom. The van der Waals surface area contributed by atoms with Crippen molar-refractivity contribution in [2.24, 2.45) is 5.92 Å². The van der Waals surface area contributed by atoms with Crippen molar-refractivity contribution in [3.63, 3.8) is 0 Å². The van der Waals surface area contributed by atoms with Crippen LogP contribution in [0.1, 0.15) is 32.9 Å². The molecule has 0 aliphatic carbocycles. The highest BCUT2D eigenvalue weighted by Gasteiger charge is 2.18. The third-order valence-electron chi connectivity index (χ3n) is 3.94. The van der Waals surface area contributed by atoms with Gasteiger partial charge in [-0.3, -0.25) is 24.3 Å². The van der Waals surface area contributed by atoms with Crippen LogP contribution in [0.3, 0.4) is 0 Å². The monoisotopic (exact) mass is 403 g/mol. The molecule has 0 fully saturated rings. The molecule has 0 aromatic carbocycles. The Hall–Kier alpha value is -3.43. The molecule has 2 aromatic rings. The van der Waals surface area contributed by atoms with Gasteiger partial charge >= 0.3 is 17.8 Å². The van der Waals surface area contributed by atoms with Crippen molar-refractivity contribution >= 4 is 29.3 Å². The van der Waals surface area contributed by atoms with E-state index < -0.39 is 23.3 Å². The van der Waals surface area contributed by atoms with E-state index in [4.69, 9.17) is 4.74 Å². The van der Waals surface area contributed by atoms with Gasteiger partial charge in [0.05, 0.1) is 6.61 Å². The van der Waals surface area contributed by atoms with Crippen molar-refractivity contribution in [3.05, 3.63) is 40.4 Å². The van der Waals surface area contributed by atoms with Crippen molar-refractivity contribution in [1.29, 1.82) is 0 Å². The Kier molecular flexibility index (Phi) is 7.70. The van der Waals surface area contributed by atoms with Gasteiger partial charge in [-0.25, -0.2) is 0 Å². The molecule has 29 heavy (non-hydrogen) atoms. The molecular formula is C19H25N5O5. The molecule has 0 radical (unpaired) electrons. The summed E-state index contributed by atoms with van der Waals surface area (Å²) >= 11 is 0. The first-order valence-electron chi connectivity index (χ1n) is 9.31. The Labute approximate surface area is 167 Å². The van der Waals surface area contributed by atoms with Crippen molar-refractivity contribution < 1.29 is 19.1 Å². The summed E-state index contributed by atoms with van der Waals surface area (Å²) in [6.45, 7) is 5.76. The summed E-state index contributed by atoms with van der Waals surface area (Å²) in [7, 11) is 0. The first kappa shape index (κ1) is 21.9. The summed E-state index contributed by atoms with van der Waals surface area (Å²) in [6, 6.07) is 4.47. The molecule has 0 unspecified atom stereocenters. The molecule has 156 valence electrons. The highest BCUT2D eigenvalue weighted by Crippen LogP contribution is 2.11. The number of carbonyl (C=O) groups is 3. The number of hydrogen-bond donors (Lipinski definition) is 3. The van der Waals surface area contributed by atoms with Crippen LogP contribution in [0.5, 0.6) is 0 Å². The summed E-state index contributed by atoms with van der Waals surface area (Å²) in [5.74, 6) is -1.82. The minimum Gasteiger partial charge on any atom is -0.465 e. The summed E-state index contributed by atoms with van der Waals surface area (Å²) in [4.78, 5) is 48.1. The predicted octanol–water partition coefficient (Wildman–Crippen LogP) is 1.30. The zero-order valence-electron chi connectivity index (χ0n) is 16.7. The average molecular weight is 403 g/mol. The van der Waals surface area contributed by atoms with Crippen molar-refractivity contribution in [2.75, 3.05) is 17.2 Å². The van der Waals surface area contributed by atoms with Crippen molar-refractivity contribution in [3.8, 4) is 0 Å². The molecule has 0 bridgehead atoms. The molecule has 2 aromatic heterocycles. The molecular weight excluding hydrogens is 378 g/mol. The van der Waals surface area contributed by atoms with Crippen LogP contribution in [-0.2, 0) is 32.1 Å². The van der Waals surface area contributed by atoms with Gasteiger partial charge in [0, 0.05) is 18.0 Å². The van der Waals surface area contributed by atoms with E-state index in [-0.39, 0.29) is 24.7 Å². The molecule has 0 aliphatic heterocycles. The van der Waals surface area contributed by atoms with Gasteiger partial charge in [0.25, 0.3) is 5.56 Å². The minimum atomic E-state index is -1.03. The van der Waals surface area contributed by atoms with Crippen LogP contribution in [0.15, 0.2) is 29.2 Å². The van der Waals surface area contributed by atoms with E-state index in [0.29, 0.717) is 5.92 Å². The fourth-order valence-corrected chi connectivity index (χ4v) is 2.45. The number of carbonyl (C=O) groups excluding carboxylic acids is 3. The first-order chi connectivity index (χ1) is 13.8. The van der Waals surface area contributed by atoms with Gasteiger partial charge in [0.2, 0.25) is 0 Å². The van der Waals surface area contributed by atoms with Crippen LogP contribution < -0.4 is 16.2 Å². The van der Waals surface area contributed by atoms with E-state index in [1.165, 1.54) is 18.3 Å². The van der Waals surface area contributed by atoms with Gasteiger partial charge in [0.15, 0.2) is 5.82 Å². The lowest BCUT2D eigenvalue weighted by Gasteiger charge is -2.08. The molecule has 3 N–H and O–H groups in total. The van der Waals surface area contributed by atoms with Crippen molar-refractivity contribution in [2.45, 2.75) is 40.2 Å². The molecule has 0 spiro atoms. The highest BCUT2D eigenvalue weighted by molar-refractivity contribution is 6.43. The van der Waals surface area contributed by atoms with Gasteiger partial charge in [-0.2, -0.15) is 5.10 Å². The Morgan fingerprint density at radius 1 is 1.24 bits per heavy atom. The summed E-state index contributed by atoms with van der Waals surface area (Å²) in [5.41, 5.74) is 0.0911. The molecule has 10 nitrogen and oxygen atoms in total. The number of anilines is 2. The van der Waals surface area contributed by atoms with Gasteiger partial charge in [-0.05, 0) is 37.8 Å². The predicted molar refractivity (Wildman–Crippen MR) is 106 cm³/mol. The zero-order valence-corrected chi connectivity index (χ0v) is 16.7. The van der Waals surface area contributed by atoms with Crippen LogP contribution in [0.25, 0.3) is 0 Å². The van der Waals surface area contributed by atoms with Gasteiger partial charge in [0.1, 0.15) is 12.2 Å². The number of aryl methyl sites for hydroxylation is 1. The number of aromatic amines is 1. The number of pyridine rings is 1. The second-order valence-corrected chi connectivity index (χ2v) is 6.78. The smallest absolute Gasteiger partial charge is 0.326 e. The summed E-state index contributed by atoms with van der Waals surface area (Å²) in [5, 5.41) is 11.4.